The van der Waals surface area contributed by atoms with Gasteiger partial charge in [-0.25, -0.2) is 0 Å². The van der Waals surface area contributed by atoms with Gasteiger partial charge in [-0.1, -0.05) is 43.2 Å². The largest absolute Gasteiger partial charge is 0.488 e. The van der Waals surface area contributed by atoms with Crippen LogP contribution in [-0.2, 0) is 19.1 Å². The number of aldehydes is 2. The Hall–Kier alpha value is -4.47. The van der Waals surface area contributed by atoms with E-state index in [1.54, 1.807) is 18.2 Å². The number of piperidine rings is 1. The SMILES string of the molecule is CN1CCN(c2ccc(OC(C)(C)CCOC(C)(C)CCNc3cccc(C=O)c3C(=O)N(C)C3CCC(=O)NC3=O)cc2)CC1.NC(=NC1CCCCC1)SCC=O. The Kier molecular flexibility index (Phi) is 18.2. The number of ether oxygens (including phenoxy) is 2. The van der Waals surface area contributed by atoms with Crippen LogP contribution in [0.4, 0.5) is 11.4 Å². The first-order chi connectivity index (χ1) is 28.1. The number of nitrogens with zero attached hydrogens (tertiary/aromatic N) is 4. The van der Waals surface area contributed by atoms with Crippen LogP contribution in [0.3, 0.4) is 0 Å². The molecule has 0 radical (unpaired) electrons. The third kappa shape index (κ3) is 15.3. The highest BCUT2D eigenvalue weighted by atomic mass is 32.2. The Labute approximate surface area is 354 Å². The lowest BCUT2D eigenvalue weighted by Crippen LogP contribution is -2.53. The molecule has 324 valence electrons. The molecule has 1 atom stereocenters. The van der Waals surface area contributed by atoms with Gasteiger partial charge in [0, 0.05) is 69.6 Å². The van der Waals surface area contributed by atoms with Crippen LogP contribution in [0, 0.1) is 0 Å². The van der Waals surface area contributed by atoms with E-state index in [4.69, 9.17) is 15.2 Å². The molecule has 2 saturated heterocycles. The van der Waals surface area contributed by atoms with Gasteiger partial charge in [-0.05, 0) is 90.8 Å². The van der Waals surface area contributed by atoms with E-state index < -0.39 is 29.1 Å². The minimum atomic E-state index is -0.792. The monoisotopic (exact) mass is 835 g/mol. The van der Waals surface area contributed by atoms with Crippen LogP contribution < -0.4 is 26.0 Å². The van der Waals surface area contributed by atoms with E-state index in [1.807, 2.05) is 26.0 Å². The summed E-state index contributed by atoms with van der Waals surface area (Å²) in [5, 5.41) is 6.15. The third-order valence-corrected chi connectivity index (χ3v) is 11.7. The number of hydrogen-bond acceptors (Lipinski definition) is 12. The van der Waals surface area contributed by atoms with Gasteiger partial charge in [0.2, 0.25) is 11.8 Å². The predicted molar refractivity (Wildman–Crippen MR) is 236 cm³/mol. The van der Waals surface area contributed by atoms with Crippen molar-refractivity contribution in [3.05, 3.63) is 53.6 Å². The normalized spacial score (nSPS) is 18.3. The molecule has 14 nitrogen and oxygen atoms in total. The molecule has 0 spiro atoms. The van der Waals surface area contributed by atoms with Gasteiger partial charge in [-0.15, -0.1) is 0 Å². The standard InChI is InChI=1S/C35H49N5O6.C9H16N2OS/c1-34(2,45-23-17-35(3,4)46-27-12-10-26(11-13-27)40-21-19-38(5)20-22-40)16-18-36-28-9-7-8-25(24-41)31(28)33(44)39(6)29-14-15-30(42)37-32(29)43;10-9(13-7-6-12)11-8-4-2-1-3-5-8/h7-13,24,29,36H,14-23H2,1-6H3,(H,37,42,43);6,8H,1-5,7H2,(H2,10,11). The van der Waals surface area contributed by atoms with Crippen molar-refractivity contribution in [1.82, 2.24) is 15.1 Å². The number of anilines is 2. The van der Waals surface area contributed by atoms with Crippen molar-refractivity contribution in [3.8, 4) is 5.75 Å². The van der Waals surface area contributed by atoms with Crippen LogP contribution in [0.15, 0.2) is 47.5 Å². The second-order valence-corrected chi connectivity index (χ2v) is 17.7. The van der Waals surface area contributed by atoms with E-state index in [0.717, 1.165) is 51.1 Å². The van der Waals surface area contributed by atoms with E-state index in [-0.39, 0.29) is 29.9 Å². The van der Waals surface area contributed by atoms with Gasteiger partial charge in [0.05, 0.1) is 29.6 Å². The average molecular weight is 836 g/mol. The van der Waals surface area contributed by atoms with E-state index in [2.05, 4.69) is 58.5 Å². The molecule has 2 aromatic carbocycles. The summed E-state index contributed by atoms with van der Waals surface area (Å²) in [5.41, 5.74) is 6.88. The van der Waals surface area contributed by atoms with Crippen LogP contribution in [-0.4, -0.2) is 128 Å². The molecule has 2 heterocycles. The Morgan fingerprint density at radius 1 is 0.983 bits per heavy atom. The first-order valence-corrected chi connectivity index (χ1v) is 21.8. The summed E-state index contributed by atoms with van der Waals surface area (Å²) < 4.78 is 12.6. The molecule has 1 unspecified atom stereocenters. The van der Waals surface area contributed by atoms with Crippen LogP contribution in [0.5, 0.6) is 5.75 Å². The lowest BCUT2D eigenvalue weighted by atomic mass is 9.96. The van der Waals surface area contributed by atoms with Crippen molar-refractivity contribution in [2.24, 2.45) is 10.7 Å². The van der Waals surface area contributed by atoms with Crippen molar-refractivity contribution >= 4 is 58.6 Å². The minimum Gasteiger partial charge on any atom is -0.488 e. The Balaban J connectivity index is 0.000000502. The summed E-state index contributed by atoms with van der Waals surface area (Å²) in [4.78, 5) is 69.8. The van der Waals surface area contributed by atoms with Crippen molar-refractivity contribution in [3.63, 3.8) is 0 Å². The number of nitrogens with two attached hydrogens (primary N) is 1. The van der Waals surface area contributed by atoms with Crippen LogP contribution >= 0.6 is 11.8 Å². The summed E-state index contributed by atoms with van der Waals surface area (Å²) in [5.74, 6) is -0.0898. The second-order valence-electron chi connectivity index (χ2n) is 16.7. The summed E-state index contributed by atoms with van der Waals surface area (Å²) in [6, 6.07) is 13.0. The number of likely N-dealkylation sites (N-methyl/N-ethyl adjacent to an activating group) is 2. The van der Waals surface area contributed by atoms with E-state index in [1.165, 1.54) is 48.7 Å². The number of nitrogens with one attached hydrogen (secondary N) is 2. The molecule has 2 aliphatic heterocycles. The zero-order valence-corrected chi connectivity index (χ0v) is 36.6. The first-order valence-electron chi connectivity index (χ1n) is 20.8. The number of carbonyl (C=O) groups is 5. The number of imide groups is 1. The molecule has 3 fully saturated rings. The van der Waals surface area contributed by atoms with Gasteiger partial charge < -0.3 is 40.0 Å². The molecule has 3 amide bonds. The summed E-state index contributed by atoms with van der Waals surface area (Å²) in [7, 11) is 3.67. The van der Waals surface area contributed by atoms with Gasteiger partial charge in [-0.3, -0.25) is 29.5 Å². The predicted octanol–water partition coefficient (Wildman–Crippen LogP) is 5.54. The maximum absolute atomic E-state index is 13.5. The Morgan fingerprint density at radius 3 is 2.32 bits per heavy atom. The summed E-state index contributed by atoms with van der Waals surface area (Å²) in [6.07, 6.45) is 9.36. The van der Waals surface area contributed by atoms with Crippen molar-refractivity contribution < 1.29 is 33.4 Å². The third-order valence-electron chi connectivity index (χ3n) is 11.0. The number of rotatable bonds is 17. The lowest BCUT2D eigenvalue weighted by molar-refractivity contribution is -0.136. The number of benzene rings is 2. The molecule has 15 heteroatoms. The molecule has 2 aromatic rings. The van der Waals surface area contributed by atoms with Gasteiger partial charge >= 0.3 is 0 Å². The fourth-order valence-electron chi connectivity index (χ4n) is 7.27. The van der Waals surface area contributed by atoms with Gasteiger partial charge in [0.15, 0.2) is 11.5 Å². The Bertz CT molecular complexity index is 1740. The highest BCUT2D eigenvalue weighted by Crippen LogP contribution is 2.28. The number of amidine groups is 1. The number of carbonyl (C=O) groups excluding carboxylic acids is 5. The summed E-state index contributed by atoms with van der Waals surface area (Å²) in [6.45, 7) is 13.3. The van der Waals surface area contributed by atoms with Crippen molar-refractivity contribution in [1.29, 1.82) is 0 Å². The zero-order valence-electron chi connectivity index (χ0n) is 35.8. The number of amides is 3. The second kappa shape index (κ2) is 22.8. The number of aliphatic imine (C=N–C) groups is 1. The molecule has 0 aromatic heterocycles. The fraction of sp³-hybridized carbons (Fsp3) is 0.591. The molecule has 5 rings (SSSR count). The molecule has 4 N–H and O–H groups in total. The van der Waals surface area contributed by atoms with Crippen LogP contribution in [0.2, 0.25) is 0 Å². The highest BCUT2D eigenvalue weighted by molar-refractivity contribution is 8.14. The van der Waals surface area contributed by atoms with Crippen molar-refractivity contribution in [2.75, 3.05) is 69.4 Å². The molecule has 0 bridgehead atoms. The molecule has 1 saturated carbocycles. The highest BCUT2D eigenvalue weighted by Gasteiger charge is 2.34. The van der Waals surface area contributed by atoms with Gasteiger partial charge in [-0.2, -0.15) is 0 Å². The molecular formula is C44H65N7O7S. The zero-order chi connectivity index (χ0) is 43.0. The van der Waals surface area contributed by atoms with Gasteiger partial charge in [0.25, 0.3) is 5.91 Å². The number of hydrogen-bond donors (Lipinski definition) is 3. The Morgan fingerprint density at radius 2 is 1.68 bits per heavy atom. The topological polar surface area (TPSA) is 176 Å². The van der Waals surface area contributed by atoms with E-state index >= 15 is 0 Å². The first kappa shape index (κ1) is 47.2. The average Bonchev–Trinajstić information content (AvgIpc) is 3.20. The molecule has 59 heavy (non-hydrogen) atoms. The maximum atomic E-state index is 13.5. The maximum Gasteiger partial charge on any atom is 0.257 e. The molecule has 1 aliphatic carbocycles. The minimum absolute atomic E-state index is 0.150. The fourth-order valence-corrected chi connectivity index (χ4v) is 7.74. The quantitative estimate of drug-likeness (QED) is 0.0787. The summed E-state index contributed by atoms with van der Waals surface area (Å²) >= 11 is 1.33. The van der Waals surface area contributed by atoms with Crippen LogP contribution in [0.1, 0.15) is 106 Å². The molecule has 3 aliphatic rings. The van der Waals surface area contributed by atoms with Gasteiger partial charge in [0.1, 0.15) is 23.7 Å². The van der Waals surface area contributed by atoms with E-state index in [0.29, 0.717) is 54.9 Å². The number of piperazine rings is 1. The number of thioether (sulfide) groups is 1. The molecular weight excluding hydrogens is 771 g/mol. The van der Waals surface area contributed by atoms with Crippen LogP contribution in [0.25, 0.3) is 0 Å². The smallest absolute Gasteiger partial charge is 0.257 e. The lowest BCUT2D eigenvalue weighted by Gasteiger charge is -2.34. The van der Waals surface area contributed by atoms with E-state index in [9.17, 15) is 24.0 Å². The van der Waals surface area contributed by atoms with Crippen molar-refractivity contribution in [2.45, 2.75) is 109 Å².